The van der Waals surface area contributed by atoms with Crippen LogP contribution in [0.25, 0.3) is 0 Å². The van der Waals surface area contributed by atoms with Gasteiger partial charge in [0.25, 0.3) is 0 Å². The SMILES string of the molecule is NCCCOCCCCOCCCNC(=O)Cc1cc(Br)ccc1O. The number of amides is 1. The lowest BCUT2D eigenvalue weighted by molar-refractivity contribution is -0.120. The Morgan fingerprint density at radius 3 is 2.40 bits per heavy atom. The lowest BCUT2D eigenvalue weighted by atomic mass is 10.1. The summed E-state index contributed by atoms with van der Waals surface area (Å²) < 4.78 is 11.8. The third kappa shape index (κ3) is 11.1. The van der Waals surface area contributed by atoms with Gasteiger partial charge in [0.05, 0.1) is 6.42 Å². The zero-order valence-electron chi connectivity index (χ0n) is 14.6. The highest BCUT2D eigenvalue weighted by Gasteiger charge is 2.07. The number of rotatable bonds is 14. The van der Waals surface area contributed by atoms with Crippen molar-refractivity contribution in [3.05, 3.63) is 28.2 Å². The number of carbonyl (C=O) groups is 1. The summed E-state index contributed by atoms with van der Waals surface area (Å²) in [7, 11) is 0. The van der Waals surface area contributed by atoms with Crippen molar-refractivity contribution in [1.82, 2.24) is 5.32 Å². The van der Waals surface area contributed by atoms with Crippen LogP contribution in [0, 0.1) is 0 Å². The Labute approximate surface area is 158 Å². The third-order valence-electron chi connectivity index (χ3n) is 3.50. The number of benzene rings is 1. The van der Waals surface area contributed by atoms with E-state index in [-0.39, 0.29) is 18.1 Å². The highest BCUT2D eigenvalue weighted by Crippen LogP contribution is 2.22. The van der Waals surface area contributed by atoms with Crippen molar-refractivity contribution < 1.29 is 19.4 Å². The highest BCUT2D eigenvalue weighted by molar-refractivity contribution is 9.10. The number of nitrogens with one attached hydrogen (secondary N) is 1. The summed E-state index contributed by atoms with van der Waals surface area (Å²) in [6.07, 6.45) is 3.79. The van der Waals surface area contributed by atoms with Gasteiger partial charge in [-0.3, -0.25) is 4.79 Å². The summed E-state index contributed by atoms with van der Waals surface area (Å²) in [6, 6.07) is 5.06. The van der Waals surface area contributed by atoms with Gasteiger partial charge in [-0.2, -0.15) is 0 Å². The van der Waals surface area contributed by atoms with Crippen molar-refractivity contribution >= 4 is 21.8 Å². The molecular formula is C18H29BrN2O4. The number of aromatic hydroxyl groups is 1. The van der Waals surface area contributed by atoms with E-state index in [4.69, 9.17) is 15.2 Å². The lowest BCUT2D eigenvalue weighted by Crippen LogP contribution is -2.26. The average Bonchev–Trinajstić information content (AvgIpc) is 2.59. The van der Waals surface area contributed by atoms with Gasteiger partial charge in [0.2, 0.25) is 5.91 Å². The molecule has 7 heteroatoms. The van der Waals surface area contributed by atoms with Crippen LogP contribution < -0.4 is 11.1 Å². The molecule has 0 saturated carbocycles. The number of halogens is 1. The van der Waals surface area contributed by atoms with Crippen molar-refractivity contribution in [2.75, 3.05) is 39.5 Å². The lowest BCUT2D eigenvalue weighted by Gasteiger charge is -2.08. The third-order valence-corrected chi connectivity index (χ3v) is 3.99. The summed E-state index contributed by atoms with van der Waals surface area (Å²) in [5.74, 6) is 0.0247. The first-order valence-electron chi connectivity index (χ1n) is 8.73. The Kier molecular flexibility index (Phi) is 12.3. The molecule has 0 aliphatic rings. The predicted molar refractivity (Wildman–Crippen MR) is 102 cm³/mol. The fourth-order valence-electron chi connectivity index (χ4n) is 2.13. The molecule has 0 spiro atoms. The Morgan fingerprint density at radius 1 is 1.08 bits per heavy atom. The zero-order chi connectivity index (χ0) is 18.3. The first-order valence-corrected chi connectivity index (χ1v) is 9.52. The quantitative estimate of drug-likeness (QED) is 0.404. The van der Waals surface area contributed by atoms with E-state index in [0.717, 1.165) is 43.4 Å². The van der Waals surface area contributed by atoms with E-state index in [0.29, 0.717) is 31.9 Å². The van der Waals surface area contributed by atoms with Crippen LogP contribution in [0.4, 0.5) is 0 Å². The number of unbranched alkanes of at least 4 members (excludes halogenated alkanes) is 1. The van der Waals surface area contributed by atoms with E-state index in [1.165, 1.54) is 0 Å². The Balaban J connectivity index is 1.95. The maximum atomic E-state index is 11.9. The molecule has 1 aromatic rings. The molecular weight excluding hydrogens is 388 g/mol. The fourth-order valence-corrected chi connectivity index (χ4v) is 2.54. The van der Waals surface area contributed by atoms with E-state index in [1.807, 2.05) is 0 Å². The minimum atomic E-state index is -0.108. The maximum Gasteiger partial charge on any atom is 0.224 e. The van der Waals surface area contributed by atoms with Gasteiger partial charge in [0.15, 0.2) is 0 Å². The number of hydrogen-bond acceptors (Lipinski definition) is 5. The van der Waals surface area contributed by atoms with Crippen molar-refractivity contribution in [2.45, 2.75) is 32.1 Å². The van der Waals surface area contributed by atoms with Crippen LogP contribution >= 0.6 is 15.9 Å². The number of carbonyl (C=O) groups excluding carboxylic acids is 1. The summed E-state index contributed by atoms with van der Waals surface area (Å²) in [5.41, 5.74) is 5.99. The van der Waals surface area contributed by atoms with Gasteiger partial charge in [0, 0.05) is 43.0 Å². The molecule has 0 saturated heterocycles. The normalized spacial score (nSPS) is 10.8. The van der Waals surface area contributed by atoms with Gasteiger partial charge in [-0.25, -0.2) is 0 Å². The van der Waals surface area contributed by atoms with Crippen LogP contribution in [0.1, 0.15) is 31.2 Å². The zero-order valence-corrected chi connectivity index (χ0v) is 16.2. The molecule has 25 heavy (non-hydrogen) atoms. The van der Waals surface area contributed by atoms with Crippen LogP contribution in [-0.4, -0.2) is 50.5 Å². The monoisotopic (exact) mass is 416 g/mol. The van der Waals surface area contributed by atoms with Gasteiger partial charge in [-0.05, 0) is 50.4 Å². The van der Waals surface area contributed by atoms with Crippen LogP contribution in [0.15, 0.2) is 22.7 Å². The Morgan fingerprint density at radius 2 is 1.72 bits per heavy atom. The fraction of sp³-hybridized carbons (Fsp3) is 0.611. The molecule has 0 bridgehead atoms. The van der Waals surface area contributed by atoms with E-state index in [2.05, 4.69) is 21.2 Å². The van der Waals surface area contributed by atoms with Crippen LogP contribution in [0.3, 0.4) is 0 Å². The second-order valence-corrected chi connectivity index (χ2v) is 6.64. The van der Waals surface area contributed by atoms with Crippen LogP contribution in [-0.2, 0) is 20.7 Å². The van der Waals surface area contributed by atoms with Crippen LogP contribution in [0.2, 0.25) is 0 Å². The molecule has 6 nitrogen and oxygen atoms in total. The second kappa shape index (κ2) is 14.1. The first kappa shape index (κ1) is 21.9. The number of ether oxygens (including phenoxy) is 2. The molecule has 0 unspecified atom stereocenters. The van der Waals surface area contributed by atoms with E-state index in [9.17, 15) is 9.90 Å². The topological polar surface area (TPSA) is 93.8 Å². The summed E-state index contributed by atoms with van der Waals surface area (Å²) in [5, 5.41) is 12.6. The van der Waals surface area contributed by atoms with Gasteiger partial charge >= 0.3 is 0 Å². The summed E-state index contributed by atoms with van der Waals surface area (Å²) in [6.45, 7) is 4.05. The van der Waals surface area contributed by atoms with Gasteiger partial charge in [0.1, 0.15) is 5.75 Å². The first-order chi connectivity index (χ1) is 12.1. The highest BCUT2D eigenvalue weighted by atomic mass is 79.9. The summed E-state index contributed by atoms with van der Waals surface area (Å²) >= 11 is 3.33. The van der Waals surface area contributed by atoms with Gasteiger partial charge < -0.3 is 25.6 Å². The van der Waals surface area contributed by atoms with E-state index < -0.39 is 0 Å². The van der Waals surface area contributed by atoms with Crippen molar-refractivity contribution in [1.29, 1.82) is 0 Å². The molecule has 1 rings (SSSR count). The molecule has 0 aliphatic carbocycles. The molecule has 0 radical (unpaired) electrons. The number of phenolic OH excluding ortho intramolecular Hbond substituents is 1. The van der Waals surface area contributed by atoms with Crippen molar-refractivity contribution in [3.8, 4) is 5.75 Å². The minimum absolute atomic E-state index is 0.108. The largest absolute Gasteiger partial charge is 0.508 e. The molecule has 0 aliphatic heterocycles. The molecule has 142 valence electrons. The summed E-state index contributed by atoms with van der Waals surface area (Å²) in [4.78, 5) is 11.9. The minimum Gasteiger partial charge on any atom is -0.508 e. The van der Waals surface area contributed by atoms with E-state index in [1.54, 1.807) is 18.2 Å². The maximum absolute atomic E-state index is 11.9. The Bertz CT molecular complexity index is 500. The Hall–Kier alpha value is -1.15. The second-order valence-electron chi connectivity index (χ2n) is 5.73. The molecule has 1 amide bonds. The average molecular weight is 417 g/mol. The molecule has 0 heterocycles. The molecule has 0 aromatic heterocycles. The number of phenols is 1. The van der Waals surface area contributed by atoms with Crippen molar-refractivity contribution in [3.63, 3.8) is 0 Å². The molecule has 4 N–H and O–H groups in total. The molecule has 0 atom stereocenters. The van der Waals surface area contributed by atoms with Gasteiger partial charge in [-0.15, -0.1) is 0 Å². The smallest absolute Gasteiger partial charge is 0.224 e. The number of nitrogens with two attached hydrogens (primary N) is 1. The van der Waals surface area contributed by atoms with Gasteiger partial charge in [-0.1, -0.05) is 15.9 Å². The molecule has 0 fully saturated rings. The van der Waals surface area contributed by atoms with Crippen molar-refractivity contribution in [2.24, 2.45) is 5.73 Å². The van der Waals surface area contributed by atoms with E-state index >= 15 is 0 Å². The number of hydrogen-bond donors (Lipinski definition) is 3. The van der Waals surface area contributed by atoms with Crippen LogP contribution in [0.5, 0.6) is 5.75 Å². The molecule has 1 aromatic carbocycles. The standard InChI is InChI=1S/C18H29BrN2O4/c19-16-5-6-17(22)15(13-16)14-18(23)21-8-4-12-25-10-2-1-9-24-11-3-7-20/h5-6,13,22H,1-4,7-12,14,20H2,(H,21,23). The predicted octanol–water partition coefficient (Wildman–Crippen LogP) is 2.37.